The fraction of sp³-hybridized carbons (Fsp3) is 0.529. The number of benzene rings is 1. The summed E-state index contributed by atoms with van der Waals surface area (Å²) in [6.45, 7) is 2.27. The summed E-state index contributed by atoms with van der Waals surface area (Å²) in [7, 11) is 0. The Balaban J connectivity index is 1.50. The van der Waals surface area contributed by atoms with Crippen molar-refractivity contribution in [2.45, 2.75) is 44.2 Å². The zero-order chi connectivity index (χ0) is 15.0. The molecule has 2 saturated heterocycles. The molecule has 5 heteroatoms. The third kappa shape index (κ3) is 2.63. The van der Waals surface area contributed by atoms with Gasteiger partial charge < -0.3 is 9.64 Å². The van der Waals surface area contributed by atoms with E-state index in [1.165, 1.54) is 4.70 Å². The predicted molar refractivity (Wildman–Crippen MR) is 86.8 cm³/mol. The van der Waals surface area contributed by atoms with Crippen LogP contribution < -0.4 is 0 Å². The number of carbonyl (C=O) groups excluding carboxylic acids is 1. The molecule has 3 heterocycles. The number of aromatic nitrogens is 1. The number of fused-ring (bicyclic) bond motifs is 1. The van der Waals surface area contributed by atoms with Crippen molar-refractivity contribution < 1.29 is 9.53 Å². The van der Waals surface area contributed by atoms with Gasteiger partial charge in [-0.1, -0.05) is 12.1 Å². The van der Waals surface area contributed by atoms with Gasteiger partial charge in [0.25, 0.3) is 0 Å². The molecule has 1 aromatic heterocycles. The minimum absolute atomic E-state index is 0.0298. The Kier molecular flexibility index (Phi) is 3.62. The van der Waals surface area contributed by atoms with Crippen molar-refractivity contribution in [1.82, 2.24) is 9.88 Å². The van der Waals surface area contributed by atoms with Crippen molar-refractivity contribution in [3.63, 3.8) is 0 Å². The Bertz CT molecular complexity index is 658. The van der Waals surface area contributed by atoms with E-state index in [1.54, 1.807) is 11.3 Å². The van der Waals surface area contributed by atoms with Gasteiger partial charge >= 0.3 is 0 Å². The molecule has 1 amide bonds. The minimum atomic E-state index is -0.0298. The summed E-state index contributed by atoms with van der Waals surface area (Å²) in [4.78, 5) is 19.0. The Morgan fingerprint density at radius 3 is 3.00 bits per heavy atom. The Labute approximate surface area is 134 Å². The molecule has 2 aliphatic heterocycles. The maximum Gasteiger partial charge on any atom is 0.223 e. The van der Waals surface area contributed by atoms with Crippen LogP contribution in [0.4, 0.5) is 0 Å². The number of hydrogen-bond donors (Lipinski definition) is 0. The van der Waals surface area contributed by atoms with E-state index < -0.39 is 0 Å². The molecule has 4 rings (SSSR count). The zero-order valence-electron chi connectivity index (χ0n) is 12.6. The van der Waals surface area contributed by atoms with Gasteiger partial charge in [-0.25, -0.2) is 4.98 Å². The number of hydrogen-bond acceptors (Lipinski definition) is 4. The molecule has 0 radical (unpaired) electrons. The molecule has 0 aliphatic carbocycles. The lowest BCUT2D eigenvalue weighted by Crippen LogP contribution is -2.32. The summed E-state index contributed by atoms with van der Waals surface area (Å²) in [5, 5.41) is 1.03. The van der Waals surface area contributed by atoms with E-state index in [0.717, 1.165) is 49.4 Å². The van der Waals surface area contributed by atoms with Gasteiger partial charge in [-0.15, -0.1) is 11.3 Å². The molecule has 2 aromatic rings. The maximum absolute atomic E-state index is 12.4. The molecule has 0 bridgehead atoms. The van der Waals surface area contributed by atoms with Gasteiger partial charge in [-0.2, -0.15) is 0 Å². The maximum atomic E-state index is 12.4. The second kappa shape index (κ2) is 5.63. The normalized spacial score (nSPS) is 26.0. The lowest BCUT2D eigenvalue weighted by Gasteiger charge is -2.26. The molecule has 2 aliphatic rings. The number of amides is 1. The summed E-state index contributed by atoms with van der Waals surface area (Å²) in [6, 6.07) is 8.15. The monoisotopic (exact) mass is 316 g/mol. The van der Waals surface area contributed by atoms with Gasteiger partial charge in [-0.05, 0) is 37.8 Å². The quantitative estimate of drug-likeness (QED) is 0.853. The van der Waals surface area contributed by atoms with Crippen molar-refractivity contribution in [3.8, 4) is 0 Å². The van der Waals surface area contributed by atoms with Crippen molar-refractivity contribution >= 4 is 27.5 Å². The molecule has 1 aromatic carbocycles. The van der Waals surface area contributed by atoms with Gasteiger partial charge in [-0.3, -0.25) is 4.79 Å². The number of carbonyl (C=O) groups is 1. The van der Waals surface area contributed by atoms with Crippen LogP contribution >= 0.6 is 11.3 Å². The molecule has 116 valence electrons. The molecule has 1 atom stereocenters. The molecule has 0 unspecified atom stereocenters. The van der Waals surface area contributed by atoms with Crippen molar-refractivity contribution in [1.29, 1.82) is 0 Å². The number of thiazole rings is 1. The first-order valence-electron chi connectivity index (χ1n) is 8.00. The number of para-hydroxylation sites is 1. The molecule has 2 fully saturated rings. The SMILES string of the molecule is O=C1CC[C@]2(CCCO2)CCN1Cc1nc2ccccc2s1. The topological polar surface area (TPSA) is 42.4 Å². The predicted octanol–water partition coefficient (Wildman–Crippen LogP) is 3.36. The van der Waals surface area contributed by atoms with E-state index in [0.29, 0.717) is 13.0 Å². The third-order valence-corrected chi connectivity index (χ3v) is 5.85. The largest absolute Gasteiger partial charge is 0.375 e. The van der Waals surface area contributed by atoms with Crippen LogP contribution in [-0.2, 0) is 16.1 Å². The summed E-state index contributed by atoms with van der Waals surface area (Å²) in [5.74, 6) is 0.242. The molecule has 4 nitrogen and oxygen atoms in total. The number of nitrogens with zero attached hydrogens (tertiary/aromatic N) is 2. The molecule has 0 N–H and O–H groups in total. The minimum Gasteiger partial charge on any atom is -0.375 e. The summed E-state index contributed by atoms with van der Waals surface area (Å²) >= 11 is 1.69. The van der Waals surface area contributed by atoms with Crippen molar-refractivity contribution in [3.05, 3.63) is 29.3 Å². The lowest BCUT2D eigenvalue weighted by molar-refractivity contribution is -0.131. The molecular formula is C17H20N2O2S. The number of likely N-dealkylation sites (tertiary alicyclic amines) is 1. The molecule has 0 saturated carbocycles. The van der Waals surface area contributed by atoms with Crippen LogP contribution in [0.3, 0.4) is 0 Å². The Morgan fingerprint density at radius 2 is 2.18 bits per heavy atom. The Morgan fingerprint density at radius 1 is 1.27 bits per heavy atom. The van der Waals surface area contributed by atoms with E-state index in [1.807, 2.05) is 23.1 Å². The highest BCUT2D eigenvalue weighted by atomic mass is 32.1. The molecule has 1 spiro atoms. The fourth-order valence-corrected chi connectivity index (χ4v) is 4.53. The standard InChI is InChI=1S/C17H20N2O2S/c20-16-6-8-17(7-3-11-21-17)9-10-19(16)12-15-18-13-4-1-2-5-14(13)22-15/h1-2,4-5H,3,6-12H2/t17-/m1/s1. The van der Waals surface area contributed by atoms with Gasteiger partial charge in [0.1, 0.15) is 5.01 Å². The smallest absolute Gasteiger partial charge is 0.223 e. The average Bonchev–Trinajstić information content (AvgIpc) is 3.12. The van der Waals surface area contributed by atoms with Gasteiger partial charge in [0.2, 0.25) is 5.91 Å². The lowest BCUT2D eigenvalue weighted by atomic mass is 9.92. The molecular weight excluding hydrogens is 296 g/mol. The van der Waals surface area contributed by atoms with Crippen molar-refractivity contribution in [2.75, 3.05) is 13.2 Å². The number of ether oxygens (including phenoxy) is 1. The van der Waals surface area contributed by atoms with E-state index in [-0.39, 0.29) is 11.5 Å². The Hall–Kier alpha value is -1.46. The van der Waals surface area contributed by atoms with E-state index in [9.17, 15) is 4.79 Å². The van der Waals surface area contributed by atoms with Crippen LogP contribution in [0.2, 0.25) is 0 Å². The van der Waals surface area contributed by atoms with E-state index in [4.69, 9.17) is 4.74 Å². The second-order valence-corrected chi connectivity index (χ2v) is 7.39. The van der Waals surface area contributed by atoms with Gasteiger partial charge in [0.15, 0.2) is 0 Å². The number of rotatable bonds is 2. The highest BCUT2D eigenvalue weighted by Gasteiger charge is 2.38. The van der Waals surface area contributed by atoms with Gasteiger partial charge in [0, 0.05) is 19.6 Å². The highest BCUT2D eigenvalue weighted by molar-refractivity contribution is 7.18. The van der Waals surface area contributed by atoms with Crippen LogP contribution in [0.25, 0.3) is 10.2 Å². The first kappa shape index (κ1) is 14.2. The summed E-state index contributed by atoms with van der Waals surface area (Å²) in [5.41, 5.74) is 0.998. The van der Waals surface area contributed by atoms with Crippen LogP contribution in [0, 0.1) is 0 Å². The summed E-state index contributed by atoms with van der Waals surface area (Å²) < 4.78 is 7.15. The second-order valence-electron chi connectivity index (χ2n) is 6.28. The van der Waals surface area contributed by atoms with Crippen molar-refractivity contribution in [2.24, 2.45) is 0 Å². The third-order valence-electron chi connectivity index (χ3n) is 4.83. The first-order valence-corrected chi connectivity index (χ1v) is 8.82. The van der Waals surface area contributed by atoms with Gasteiger partial charge in [0.05, 0.1) is 22.4 Å². The highest BCUT2D eigenvalue weighted by Crippen LogP contribution is 2.36. The van der Waals surface area contributed by atoms with E-state index >= 15 is 0 Å². The molecule has 22 heavy (non-hydrogen) atoms. The zero-order valence-corrected chi connectivity index (χ0v) is 13.4. The summed E-state index contributed by atoms with van der Waals surface area (Å²) in [6.07, 6.45) is 4.68. The van der Waals surface area contributed by atoms with Crippen LogP contribution in [0.1, 0.15) is 37.1 Å². The fourth-order valence-electron chi connectivity index (χ4n) is 3.55. The van der Waals surface area contributed by atoms with Crippen LogP contribution in [0.5, 0.6) is 0 Å². The van der Waals surface area contributed by atoms with Crippen LogP contribution in [0.15, 0.2) is 24.3 Å². The van der Waals surface area contributed by atoms with E-state index in [2.05, 4.69) is 11.1 Å². The van der Waals surface area contributed by atoms with Crippen LogP contribution in [-0.4, -0.2) is 34.5 Å². The first-order chi connectivity index (χ1) is 10.7. The average molecular weight is 316 g/mol.